The van der Waals surface area contributed by atoms with Gasteiger partial charge < -0.3 is 14.7 Å². The van der Waals surface area contributed by atoms with Crippen LogP contribution in [0.4, 0.5) is 0 Å². The highest BCUT2D eigenvalue weighted by Gasteiger charge is 2.61. The molecule has 0 aromatic heterocycles. The van der Waals surface area contributed by atoms with Gasteiger partial charge in [0.05, 0.1) is 12.7 Å². The highest BCUT2D eigenvalue weighted by molar-refractivity contribution is 5.79. The molecule has 0 radical (unpaired) electrons. The maximum atomic E-state index is 13.8. The first-order chi connectivity index (χ1) is 16.4. The number of aryl methyl sites for hydroxylation is 1. The van der Waals surface area contributed by atoms with Gasteiger partial charge in [0.25, 0.3) is 0 Å². The molecule has 182 valence electrons. The molecule has 34 heavy (non-hydrogen) atoms. The van der Waals surface area contributed by atoms with E-state index in [0.717, 1.165) is 47.9 Å². The molecule has 1 saturated carbocycles. The van der Waals surface area contributed by atoms with Crippen molar-refractivity contribution >= 4 is 5.91 Å². The van der Waals surface area contributed by atoms with Crippen LogP contribution in [-0.2, 0) is 16.8 Å². The van der Waals surface area contributed by atoms with Crippen LogP contribution >= 0.6 is 0 Å². The van der Waals surface area contributed by atoms with Crippen LogP contribution in [0, 0.1) is 12.8 Å². The zero-order valence-electron chi connectivity index (χ0n) is 20.8. The van der Waals surface area contributed by atoms with Crippen LogP contribution < -0.4 is 4.74 Å². The van der Waals surface area contributed by atoms with E-state index in [4.69, 9.17) is 4.74 Å². The summed E-state index contributed by atoms with van der Waals surface area (Å²) in [6.45, 7) is 7.39. The van der Waals surface area contributed by atoms with Gasteiger partial charge in [-0.2, -0.15) is 0 Å². The lowest BCUT2D eigenvalue weighted by molar-refractivity contribution is -0.145. The summed E-state index contributed by atoms with van der Waals surface area (Å²) in [4.78, 5) is 18.3. The molecule has 2 aromatic carbocycles. The average molecular weight is 463 g/mol. The Morgan fingerprint density at radius 3 is 2.56 bits per heavy atom. The van der Waals surface area contributed by atoms with E-state index in [1.54, 1.807) is 7.11 Å². The van der Waals surface area contributed by atoms with Gasteiger partial charge in [-0.1, -0.05) is 36.4 Å². The molecular formula is C29H38N2O3. The fourth-order valence-corrected chi connectivity index (χ4v) is 6.50. The zero-order valence-corrected chi connectivity index (χ0v) is 20.8. The van der Waals surface area contributed by atoms with Crippen molar-refractivity contribution in [2.75, 3.05) is 26.7 Å². The maximum absolute atomic E-state index is 13.8. The summed E-state index contributed by atoms with van der Waals surface area (Å²) in [6.07, 6.45) is 4.27. The van der Waals surface area contributed by atoms with E-state index in [0.29, 0.717) is 25.9 Å². The number of carbonyl (C=O) groups excluding carboxylic acids is 1. The second kappa shape index (κ2) is 9.01. The van der Waals surface area contributed by atoms with Crippen LogP contribution in [0.15, 0.2) is 48.5 Å². The fourth-order valence-electron chi connectivity index (χ4n) is 6.50. The number of carbonyl (C=O) groups is 1. The predicted octanol–water partition coefficient (Wildman–Crippen LogP) is 4.30. The smallest absolute Gasteiger partial charge is 0.223 e. The van der Waals surface area contributed by atoms with Crippen molar-refractivity contribution in [3.8, 4) is 5.75 Å². The molecule has 3 aliphatic rings. The Balaban J connectivity index is 1.56. The molecule has 3 fully saturated rings. The molecule has 5 rings (SSSR count). The van der Waals surface area contributed by atoms with Gasteiger partial charge in [0.1, 0.15) is 5.75 Å². The Kier molecular flexibility index (Phi) is 6.19. The number of rotatable bonds is 6. The fraction of sp³-hybridized carbons (Fsp3) is 0.552. The Bertz CT molecular complexity index is 1040. The minimum Gasteiger partial charge on any atom is -0.497 e. The summed E-state index contributed by atoms with van der Waals surface area (Å²) < 4.78 is 5.59. The molecule has 2 saturated heterocycles. The number of fused-ring (bicyclic) bond motifs is 1. The quantitative estimate of drug-likeness (QED) is 0.696. The number of aliphatic hydroxyl groups is 1. The van der Waals surface area contributed by atoms with Gasteiger partial charge in [-0.15, -0.1) is 0 Å². The highest BCUT2D eigenvalue weighted by atomic mass is 16.5. The third-order valence-corrected chi connectivity index (χ3v) is 8.83. The minimum absolute atomic E-state index is 0.0167. The molecule has 1 amide bonds. The Morgan fingerprint density at radius 1 is 1.09 bits per heavy atom. The first kappa shape index (κ1) is 23.4. The van der Waals surface area contributed by atoms with E-state index < -0.39 is 11.0 Å². The van der Waals surface area contributed by atoms with Crippen molar-refractivity contribution in [1.82, 2.24) is 9.80 Å². The Morgan fingerprint density at radius 2 is 1.85 bits per heavy atom. The summed E-state index contributed by atoms with van der Waals surface area (Å²) in [5.41, 5.74) is 1.68. The van der Waals surface area contributed by atoms with Crippen molar-refractivity contribution < 1.29 is 14.6 Å². The molecule has 2 aliphatic heterocycles. The predicted molar refractivity (Wildman–Crippen MR) is 134 cm³/mol. The molecule has 3 unspecified atom stereocenters. The van der Waals surface area contributed by atoms with Gasteiger partial charge in [-0.05, 0) is 80.8 Å². The molecule has 1 aliphatic carbocycles. The number of hydrogen-bond donors (Lipinski definition) is 1. The number of ether oxygens (including phenoxy) is 1. The van der Waals surface area contributed by atoms with Crippen LogP contribution in [0.5, 0.6) is 5.75 Å². The summed E-state index contributed by atoms with van der Waals surface area (Å²) in [5.74, 6) is 1.67. The zero-order chi connectivity index (χ0) is 23.9. The Hall–Kier alpha value is -2.37. The third kappa shape index (κ3) is 4.03. The normalized spacial score (nSPS) is 30.1. The molecule has 5 heteroatoms. The summed E-state index contributed by atoms with van der Waals surface area (Å²) in [7, 11) is 1.68. The minimum atomic E-state index is -1.00. The van der Waals surface area contributed by atoms with Gasteiger partial charge >= 0.3 is 0 Å². The summed E-state index contributed by atoms with van der Waals surface area (Å²) in [6, 6.07) is 16.3. The highest BCUT2D eigenvalue weighted by Crippen LogP contribution is 2.53. The molecule has 5 nitrogen and oxygen atoms in total. The molecule has 0 bridgehead atoms. The lowest BCUT2D eigenvalue weighted by Gasteiger charge is -2.57. The largest absolute Gasteiger partial charge is 0.497 e. The van der Waals surface area contributed by atoms with Gasteiger partial charge in [0, 0.05) is 37.5 Å². The molecule has 3 atom stereocenters. The number of amides is 1. The van der Waals surface area contributed by atoms with Crippen molar-refractivity contribution in [2.45, 2.75) is 69.6 Å². The first-order valence-corrected chi connectivity index (χ1v) is 12.8. The Labute approximate surface area is 203 Å². The molecule has 1 N–H and O–H groups in total. The number of piperidine rings is 1. The van der Waals surface area contributed by atoms with E-state index in [1.807, 2.05) is 29.2 Å². The molecule has 2 heterocycles. The third-order valence-electron chi connectivity index (χ3n) is 8.83. The molecular weight excluding hydrogens is 424 g/mol. The van der Waals surface area contributed by atoms with Crippen LogP contribution in [0.3, 0.4) is 0 Å². The van der Waals surface area contributed by atoms with Gasteiger partial charge in [0.15, 0.2) is 0 Å². The number of likely N-dealkylation sites (tertiary alicyclic amines) is 2. The van der Waals surface area contributed by atoms with Gasteiger partial charge in [-0.3, -0.25) is 9.69 Å². The standard InChI is InChI=1S/C29H38N2O3/c1-21-9-12-25(34-3)17-26(21)28-13-15-30(19-24-10-11-24)22(2)29(28,33)14-16-31(27(32)18-28)20-23-7-5-4-6-8-23/h4-9,12,17,22,24,33H,10-11,13-16,18-20H2,1-3H3. The van der Waals surface area contributed by atoms with Gasteiger partial charge in [0.2, 0.25) is 5.91 Å². The second-order valence-corrected chi connectivity index (χ2v) is 10.8. The van der Waals surface area contributed by atoms with E-state index in [2.05, 4.69) is 43.0 Å². The van der Waals surface area contributed by atoms with Crippen molar-refractivity contribution in [3.63, 3.8) is 0 Å². The maximum Gasteiger partial charge on any atom is 0.223 e. The van der Waals surface area contributed by atoms with Crippen molar-refractivity contribution in [1.29, 1.82) is 0 Å². The number of hydrogen-bond acceptors (Lipinski definition) is 4. The van der Waals surface area contributed by atoms with Crippen molar-refractivity contribution in [3.05, 3.63) is 65.2 Å². The number of benzene rings is 2. The van der Waals surface area contributed by atoms with E-state index >= 15 is 0 Å². The second-order valence-electron chi connectivity index (χ2n) is 10.8. The van der Waals surface area contributed by atoms with Crippen LogP contribution in [0.25, 0.3) is 0 Å². The monoisotopic (exact) mass is 462 g/mol. The SMILES string of the molecule is COc1ccc(C)c(C23CCN(CC4CC4)C(C)C2(O)CCN(Cc2ccccc2)C(=O)C3)c1. The average Bonchev–Trinajstić information content (AvgIpc) is 3.67. The molecule has 2 aromatic rings. The summed E-state index contributed by atoms with van der Waals surface area (Å²) >= 11 is 0. The summed E-state index contributed by atoms with van der Waals surface area (Å²) in [5, 5.41) is 12.7. The van der Waals surface area contributed by atoms with E-state index in [9.17, 15) is 9.90 Å². The molecule has 0 spiro atoms. The first-order valence-electron chi connectivity index (χ1n) is 12.8. The van der Waals surface area contributed by atoms with Crippen LogP contribution in [0.2, 0.25) is 0 Å². The van der Waals surface area contributed by atoms with Crippen molar-refractivity contribution in [2.24, 2.45) is 5.92 Å². The van der Waals surface area contributed by atoms with E-state index in [-0.39, 0.29) is 11.9 Å². The van der Waals surface area contributed by atoms with Gasteiger partial charge in [-0.25, -0.2) is 0 Å². The lowest BCUT2D eigenvalue weighted by atomic mass is 9.57. The number of methoxy groups -OCH3 is 1. The van der Waals surface area contributed by atoms with Crippen LogP contribution in [0.1, 0.15) is 55.7 Å². The van der Waals surface area contributed by atoms with E-state index in [1.165, 1.54) is 12.8 Å². The topological polar surface area (TPSA) is 53.0 Å². The van der Waals surface area contributed by atoms with Crippen LogP contribution in [-0.4, -0.2) is 59.2 Å². The lowest BCUT2D eigenvalue weighted by Crippen LogP contribution is -2.68. The number of nitrogens with zero attached hydrogens (tertiary/aromatic N) is 2.